The largest absolute Gasteiger partial charge is 0.489 e. The lowest BCUT2D eigenvalue weighted by Gasteiger charge is -2.20. The van der Waals surface area contributed by atoms with Crippen LogP contribution in [0.25, 0.3) is 11.0 Å². The zero-order chi connectivity index (χ0) is 18.3. The zero-order valence-electron chi connectivity index (χ0n) is 14.3. The van der Waals surface area contributed by atoms with Crippen LogP contribution >= 0.6 is 0 Å². The standard InChI is InChI=1S/C18H17N5O3/c1-10-7-8-11-15(19-10)16(22-21-11)17(24)20-12-9-26-14-6-4-3-5-13(14)23(2)18(12)25/h3-8,12H,9H2,1-2H3,(H,20,24)(H,21,22)/t12-/m0/s1. The lowest BCUT2D eigenvalue weighted by Crippen LogP contribution is -2.49. The first-order valence-corrected chi connectivity index (χ1v) is 8.16. The first-order valence-electron chi connectivity index (χ1n) is 8.16. The van der Waals surface area contributed by atoms with E-state index in [-0.39, 0.29) is 18.2 Å². The number of rotatable bonds is 2. The average Bonchev–Trinajstić information content (AvgIpc) is 3.02. The molecule has 8 nitrogen and oxygen atoms in total. The Morgan fingerprint density at radius 1 is 1.31 bits per heavy atom. The molecule has 0 unspecified atom stereocenters. The van der Waals surface area contributed by atoms with E-state index in [0.717, 1.165) is 5.69 Å². The number of pyridine rings is 1. The number of nitrogens with zero attached hydrogens (tertiary/aromatic N) is 3. The van der Waals surface area contributed by atoms with Gasteiger partial charge in [0.1, 0.15) is 23.9 Å². The van der Waals surface area contributed by atoms with Gasteiger partial charge >= 0.3 is 0 Å². The fourth-order valence-electron chi connectivity index (χ4n) is 2.94. The Morgan fingerprint density at radius 3 is 2.96 bits per heavy atom. The second-order valence-corrected chi connectivity index (χ2v) is 6.12. The SMILES string of the molecule is Cc1ccc2[nH]nc(C(=O)N[C@H]3COc4ccccc4N(C)C3=O)c2n1. The van der Waals surface area contributed by atoms with Gasteiger partial charge in [-0.15, -0.1) is 0 Å². The number of aryl methyl sites for hydroxylation is 1. The zero-order valence-corrected chi connectivity index (χ0v) is 14.3. The van der Waals surface area contributed by atoms with Crippen molar-refractivity contribution in [3.05, 3.63) is 47.8 Å². The smallest absolute Gasteiger partial charge is 0.274 e. The predicted molar refractivity (Wildman–Crippen MR) is 95.2 cm³/mol. The highest BCUT2D eigenvalue weighted by atomic mass is 16.5. The molecule has 0 bridgehead atoms. The number of para-hydroxylation sites is 2. The van der Waals surface area contributed by atoms with E-state index >= 15 is 0 Å². The summed E-state index contributed by atoms with van der Waals surface area (Å²) in [5, 5.41) is 9.53. The van der Waals surface area contributed by atoms with Crippen molar-refractivity contribution >= 4 is 28.5 Å². The normalized spacial score (nSPS) is 16.8. The lowest BCUT2D eigenvalue weighted by atomic mass is 10.2. The molecule has 0 fully saturated rings. The van der Waals surface area contributed by atoms with E-state index < -0.39 is 11.9 Å². The Balaban J connectivity index is 1.60. The van der Waals surface area contributed by atoms with Crippen molar-refractivity contribution in [1.29, 1.82) is 0 Å². The van der Waals surface area contributed by atoms with Crippen LogP contribution in [0.5, 0.6) is 5.75 Å². The minimum absolute atomic E-state index is 0.0424. The highest BCUT2D eigenvalue weighted by Gasteiger charge is 2.31. The summed E-state index contributed by atoms with van der Waals surface area (Å²) in [5.41, 5.74) is 2.73. The van der Waals surface area contributed by atoms with Gasteiger partial charge in [0, 0.05) is 12.7 Å². The fraction of sp³-hybridized carbons (Fsp3) is 0.222. The second-order valence-electron chi connectivity index (χ2n) is 6.12. The number of anilines is 1. The van der Waals surface area contributed by atoms with Gasteiger partial charge in [-0.3, -0.25) is 14.7 Å². The number of hydrogen-bond donors (Lipinski definition) is 2. The summed E-state index contributed by atoms with van der Waals surface area (Å²) < 4.78 is 5.71. The van der Waals surface area contributed by atoms with Crippen molar-refractivity contribution in [3.63, 3.8) is 0 Å². The molecular weight excluding hydrogens is 334 g/mol. The van der Waals surface area contributed by atoms with Crippen LogP contribution in [0.4, 0.5) is 5.69 Å². The molecule has 0 radical (unpaired) electrons. The molecule has 0 spiro atoms. The van der Waals surface area contributed by atoms with Gasteiger partial charge in [-0.25, -0.2) is 4.98 Å². The van der Waals surface area contributed by atoms with E-state index in [1.165, 1.54) is 4.90 Å². The summed E-state index contributed by atoms with van der Waals surface area (Å²) in [7, 11) is 1.66. The Labute approximate surface area is 149 Å². The van der Waals surface area contributed by atoms with Crippen LogP contribution in [-0.2, 0) is 4.79 Å². The molecule has 0 aliphatic carbocycles. The van der Waals surface area contributed by atoms with Crippen LogP contribution < -0.4 is 15.0 Å². The summed E-state index contributed by atoms with van der Waals surface area (Å²) in [6.45, 7) is 1.88. The van der Waals surface area contributed by atoms with Crippen LogP contribution in [0.3, 0.4) is 0 Å². The molecule has 1 aliphatic rings. The number of benzene rings is 1. The van der Waals surface area contributed by atoms with Crippen molar-refractivity contribution in [2.24, 2.45) is 0 Å². The molecule has 1 atom stereocenters. The van der Waals surface area contributed by atoms with Gasteiger partial charge in [-0.05, 0) is 31.2 Å². The van der Waals surface area contributed by atoms with Gasteiger partial charge in [0.2, 0.25) is 0 Å². The minimum atomic E-state index is -0.823. The van der Waals surface area contributed by atoms with E-state index in [2.05, 4.69) is 20.5 Å². The van der Waals surface area contributed by atoms with Gasteiger partial charge in [0.15, 0.2) is 5.69 Å². The molecule has 0 saturated carbocycles. The number of amides is 2. The molecule has 0 saturated heterocycles. The third kappa shape index (κ3) is 2.65. The van der Waals surface area contributed by atoms with Crippen molar-refractivity contribution in [2.45, 2.75) is 13.0 Å². The van der Waals surface area contributed by atoms with Gasteiger partial charge in [-0.1, -0.05) is 12.1 Å². The predicted octanol–water partition coefficient (Wildman–Crippen LogP) is 1.42. The molecule has 2 aromatic heterocycles. The highest BCUT2D eigenvalue weighted by molar-refractivity contribution is 6.06. The number of ether oxygens (including phenoxy) is 1. The molecule has 8 heteroatoms. The van der Waals surface area contributed by atoms with E-state index in [4.69, 9.17) is 4.74 Å². The Hall–Kier alpha value is -3.42. The third-order valence-electron chi connectivity index (χ3n) is 4.33. The highest BCUT2D eigenvalue weighted by Crippen LogP contribution is 2.29. The van der Waals surface area contributed by atoms with E-state index in [0.29, 0.717) is 22.5 Å². The van der Waals surface area contributed by atoms with Crippen molar-refractivity contribution in [1.82, 2.24) is 20.5 Å². The van der Waals surface area contributed by atoms with Crippen LogP contribution in [0.15, 0.2) is 36.4 Å². The van der Waals surface area contributed by atoms with Gasteiger partial charge < -0.3 is 15.0 Å². The molecule has 1 aromatic carbocycles. The average molecular weight is 351 g/mol. The van der Waals surface area contributed by atoms with Crippen LogP contribution in [0, 0.1) is 6.92 Å². The minimum Gasteiger partial charge on any atom is -0.489 e. The molecule has 1 aliphatic heterocycles. The number of fused-ring (bicyclic) bond motifs is 2. The number of carbonyl (C=O) groups is 2. The number of H-pyrrole nitrogens is 1. The Morgan fingerprint density at radius 2 is 2.12 bits per heavy atom. The third-order valence-corrected chi connectivity index (χ3v) is 4.33. The maximum Gasteiger partial charge on any atom is 0.274 e. The fourth-order valence-corrected chi connectivity index (χ4v) is 2.94. The first kappa shape index (κ1) is 16.1. The molecular formula is C18H17N5O3. The molecule has 2 amide bonds. The monoisotopic (exact) mass is 351 g/mol. The topological polar surface area (TPSA) is 100 Å². The summed E-state index contributed by atoms with van der Waals surface area (Å²) in [6, 6.07) is 10.1. The Kier molecular flexibility index (Phi) is 3.80. The van der Waals surface area contributed by atoms with Crippen LogP contribution in [0.2, 0.25) is 0 Å². The van der Waals surface area contributed by atoms with Crippen LogP contribution in [0.1, 0.15) is 16.2 Å². The number of hydrogen-bond acceptors (Lipinski definition) is 5. The summed E-state index contributed by atoms with van der Waals surface area (Å²) in [4.78, 5) is 31.2. The van der Waals surface area contributed by atoms with E-state index in [1.54, 1.807) is 19.2 Å². The lowest BCUT2D eigenvalue weighted by molar-refractivity contribution is -0.120. The Bertz CT molecular complexity index is 1010. The van der Waals surface area contributed by atoms with Gasteiger partial charge in [-0.2, -0.15) is 5.10 Å². The molecule has 132 valence electrons. The number of nitrogens with one attached hydrogen (secondary N) is 2. The number of aromatic nitrogens is 3. The molecule has 4 rings (SSSR count). The first-order chi connectivity index (χ1) is 12.5. The summed E-state index contributed by atoms with van der Waals surface area (Å²) in [6.07, 6.45) is 0. The molecule has 2 N–H and O–H groups in total. The maximum atomic E-state index is 12.7. The molecule has 3 aromatic rings. The van der Waals surface area contributed by atoms with Crippen molar-refractivity contribution < 1.29 is 14.3 Å². The maximum absolute atomic E-state index is 12.7. The summed E-state index contributed by atoms with van der Waals surface area (Å²) >= 11 is 0. The number of aromatic amines is 1. The van der Waals surface area contributed by atoms with Crippen molar-refractivity contribution in [3.8, 4) is 5.75 Å². The summed E-state index contributed by atoms with van der Waals surface area (Å²) in [5.74, 6) is -0.134. The second kappa shape index (κ2) is 6.14. The van der Waals surface area contributed by atoms with E-state index in [1.807, 2.05) is 31.2 Å². The molecule has 3 heterocycles. The van der Waals surface area contributed by atoms with E-state index in [9.17, 15) is 9.59 Å². The quantitative estimate of drug-likeness (QED) is 0.727. The number of carbonyl (C=O) groups excluding carboxylic acids is 2. The van der Waals surface area contributed by atoms with Crippen LogP contribution in [-0.4, -0.2) is 46.7 Å². The van der Waals surface area contributed by atoms with Crippen molar-refractivity contribution in [2.75, 3.05) is 18.6 Å². The van der Waals surface area contributed by atoms with Gasteiger partial charge in [0.25, 0.3) is 11.8 Å². The molecule has 26 heavy (non-hydrogen) atoms. The van der Waals surface area contributed by atoms with Gasteiger partial charge in [0.05, 0.1) is 11.2 Å². The number of likely N-dealkylation sites (N-methyl/N-ethyl adjacent to an activating group) is 1.